The smallest absolute Gasteiger partial charge is 0.320 e. The lowest BCUT2D eigenvalue weighted by Gasteiger charge is -2.44. The van der Waals surface area contributed by atoms with Gasteiger partial charge in [0, 0.05) is 15.2 Å². The van der Waals surface area contributed by atoms with Gasteiger partial charge in [0.05, 0.1) is 19.2 Å². The normalized spacial score (nSPS) is 18.4. The van der Waals surface area contributed by atoms with Crippen molar-refractivity contribution in [3.63, 3.8) is 0 Å². The van der Waals surface area contributed by atoms with E-state index in [0.717, 1.165) is 26.9 Å². The zero-order valence-electron chi connectivity index (χ0n) is 16.5. The SMILES string of the molecule is CCOC(=O)CN1[C@@H](c2ccccc2)c2cc(Br)ccc2N[C@H]1c1ccc(Cl)cc1. The van der Waals surface area contributed by atoms with Crippen molar-refractivity contribution in [3.8, 4) is 0 Å². The van der Waals surface area contributed by atoms with Gasteiger partial charge in [-0.05, 0) is 53.9 Å². The number of esters is 1. The first-order valence-electron chi connectivity index (χ1n) is 9.84. The molecule has 3 aromatic rings. The number of rotatable bonds is 5. The predicted molar refractivity (Wildman–Crippen MR) is 124 cm³/mol. The first-order chi connectivity index (χ1) is 14.6. The maximum Gasteiger partial charge on any atom is 0.320 e. The van der Waals surface area contributed by atoms with Crippen molar-refractivity contribution in [2.24, 2.45) is 0 Å². The molecule has 30 heavy (non-hydrogen) atoms. The summed E-state index contributed by atoms with van der Waals surface area (Å²) < 4.78 is 6.30. The molecule has 2 atom stereocenters. The lowest BCUT2D eigenvalue weighted by atomic mass is 9.91. The van der Waals surface area contributed by atoms with Crippen LogP contribution in [0.15, 0.2) is 77.3 Å². The summed E-state index contributed by atoms with van der Waals surface area (Å²) in [4.78, 5) is 14.7. The molecule has 6 heteroatoms. The summed E-state index contributed by atoms with van der Waals surface area (Å²) in [6, 6.07) is 24.0. The first-order valence-corrected chi connectivity index (χ1v) is 11.0. The maximum absolute atomic E-state index is 12.6. The molecule has 0 bridgehead atoms. The Kier molecular flexibility index (Phi) is 6.42. The molecule has 0 aromatic heterocycles. The molecule has 1 aliphatic rings. The van der Waals surface area contributed by atoms with Crippen molar-refractivity contribution in [1.82, 2.24) is 4.90 Å². The fourth-order valence-corrected chi connectivity index (χ4v) is 4.42. The van der Waals surface area contributed by atoms with Crippen LogP contribution in [0.25, 0.3) is 0 Å². The van der Waals surface area contributed by atoms with Gasteiger partial charge in [0.1, 0.15) is 6.17 Å². The van der Waals surface area contributed by atoms with E-state index < -0.39 is 0 Å². The quantitative estimate of drug-likeness (QED) is 0.438. The zero-order chi connectivity index (χ0) is 21.1. The largest absolute Gasteiger partial charge is 0.465 e. The van der Waals surface area contributed by atoms with Crippen LogP contribution < -0.4 is 5.32 Å². The van der Waals surface area contributed by atoms with Crippen molar-refractivity contribution >= 4 is 39.2 Å². The van der Waals surface area contributed by atoms with Crippen LogP contribution in [-0.2, 0) is 9.53 Å². The number of anilines is 1. The molecule has 1 heterocycles. The molecule has 0 saturated heterocycles. The number of nitrogens with zero attached hydrogens (tertiary/aromatic N) is 1. The number of benzene rings is 3. The van der Waals surface area contributed by atoms with Crippen LogP contribution in [-0.4, -0.2) is 24.0 Å². The number of ether oxygens (including phenoxy) is 1. The van der Waals surface area contributed by atoms with Gasteiger partial charge >= 0.3 is 5.97 Å². The molecule has 1 aliphatic heterocycles. The van der Waals surface area contributed by atoms with Gasteiger partial charge < -0.3 is 10.1 Å². The molecule has 0 aliphatic carbocycles. The molecule has 0 spiro atoms. The van der Waals surface area contributed by atoms with Crippen molar-refractivity contribution < 1.29 is 9.53 Å². The second-order valence-corrected chi connectivity index (χ2v) is 8.47. The number of hydrogen-bond donors (Lipinski definition) is 1. The summed E-state index contributed by atoms with van der Waals surface area (Å²) in [5, 5.41) is 4.29. The van der Waals surface area contributed by atoms with Crippen LogP contribution in [0.1, 0.15) is 35.8 Å². The van der Waals surface area contributed by atoms with E-state index in [4.69, 9.17) is 16.3 Å². The molecule has 0 fully saturated rings. The van der Waals surface area contributed by atoms with E-state index in [0.29, 0.717) is 11.6 Å². The van der Waals surface area contributed by atoms with Gasteiger partial charge in [-0.15, -0.1) is 0 Å². The van der Waals surface area contributed by atoms with E-state index in [9.17, 15) is 4.79 Å². The Morgan fingerprint density at radius 2 is 1.80 bits per heavy atom. The van der Waals surface area contributed by atoms with E-state index >= 15 is 0 Å². The van der Waals surface area contributed by atoms with Gasteiger partial charge in [-0.3, -0.25) is 9.69 Å². The van der Waals surface area contributed by atoms with E-state index in [1.165, 1.54) is 0 Å². The minimum Gasteiger partial charge on any atom is -0.465 e. The van der Waals surface area contributed by atoms with Crippen molar-refractivity contribution in [3.05, 3.63) is 99.0 Å². The third kappa shape index (κ3) is 4.38. The maximum atomic E-state index is 12.6. The minimum atomic E-state index is -0.252. The Morgan fingerprint density at radius 3 is 2.50 bits per heavy atom. The fourth-order valence-electron chi connectivity index (χ4n) is 3.91. The van der Waals surface area contributed by atoms with E-state index in [1.807, 2.05) is 55.5 Å². The summed E-state index contributed by atoms with van der Waals surface area (Å²) in [5.41, 5.74) is 4.28. The van der Waals surface area contributed by atoms with Gasteiger partial charge in [0.15, 0.2) is 0 Å². The zero-order valence-corrected chi connectivity index (χ0v) is 18.9. The molecule has 0 unspecified atom stereocenters. The van der Waals surface area contributed by atoms with Crippen LogP contribution in [0.3, 0.4) is 0 Å². The Labute approximate surface area is 189 Å². The van der Waals surface area contributed by atoms with Crippen molar-refractivity contribution in [1.29, 1.82) is 0 Å². The summed E-state index contributed by atoms with van der Waals surface area (Å²) in [6.07, 6.45) is -0.217. The molecule has 4 nitrogen and oxygen atoms in total. The van der Waals surface area contributed by atoms with Gasteiger partial charge in [-0.2, -0.15) is 0 Å². The molecular formula is C24H22BrClN2O2. The first kappa shape index (κ1) is 20.9. The number of hydrogen-bond acceptors (Lipinski definition) is 4. The Hall–Kier alpha value is -2.34. The van der Waals surface area contributed by atoms with Crippen LogP contribution in [0.4, 0.5) is 5.69 Å². The highest BCUT2D eigenvalue weighted by Gasteiger charge is 2.37. The van der Waals surface area contributed by atoms with Crippen LogP contribution >= 0.6 is 27.5 Å². The molecule has 1 N–H and O–H groups in total. The van der Waals surface area contributed by atoms with Gasteiger partial charge in [-0.25, -0.2) is 0 Å². The number of fused-ring (bicyclic) bond motifs is 1. The molecule has 3 aromatic carbocycles. The predicted octanol–water partition coefficient (Wildman–Crippen LogP) is 6.18. The molecule has 0 amide bonds. The second-order valence-electron chi connectivity index (χ2n) is 7.12. The topological polar surface area (TPSA) is 41.6 Å². The third-order valence-corrected chi connectivity index (χ3v) is 5.93. The van der Waals surface area contributed by atoms with Crippen LogP contribution in [0.2, 0.25) is 5.02 Å². The Bertz CT molecular complexity index is 1030. The summed E-state index contributed by atoms with van der Waals surface area (Å²) in [7, 11) is 0. The van der Waals surface area contributed by atoms with Gasteiger partial charge in [0.2, 0.25) is 0 Å². The second kappa shape index (κ2) is 9.21. The molecule has 0 saturated carbocycles. The average Bonchev–Trinajstić information content (AvgIpc) is 2.75. The highest BCUT2D eigenvalue weighted by atomic mass is 79.9. The highest BCUT2D eigenvalue weighted by molar-refractivity contribution is 9.10. The van der Waals surface area contributed by atoms with Crippen molar-refractivity contribution in [2.45, 2.75) is 19.1 Å². The number of carbonyl (C=O) groups excluding carboxylic acids is 1. The molecular weight excluding hydrogens is 464 g/mol. The van der Waals surface area contributed by atoms with Crippen LogP contribution in [0.5, 0.6) is 0 Å². The lowest BCUT2D eigenvalue weighted by molar-refractivity contribution is -0.145. The summed E-state index contributed by atoms with van der Waals surface area (Å²) in [6.45, 7) is 2.33. The monoisotopic (exact) mass is 484 g/mol. The Morgan fingerprint density at radius 1 is 1.07 bits per heavy atom. The standard InChI is InChI=1S/C24H22BrClN2O2/c1-2-30-22(29)15-28-23(16-6-4-3-5-7-16)20-14-18(25)10-13-21(20)27-24(28)17-8-11-19(26)12-9-17/h3-14,23-24,27H,2,15H2,1H3/t23-,24+/m0/s1. The number of halogens is 2. The Balaban J connectivity index is 1.86. The van der Waals surface area contributed by atoms with Crippen molar-refractivity contribution in [2.75, 3.05) is 18.5 Å². The minimum absolute atomic E-state index is 0.120. The molecule has 154 valence electrons. The summed E-state index contributed by atoms with van der Waals surface area (Å²) in [5.74, 6) is -0.252. The lowest BCUT2D eigenvalue weighted by Crippen LogP contribution is -2.44. The number of nitrogens with one attached hydrogen (secondary N) is 1. The number of carbonyl (C=O) groups is 1. The van der Waals surface area contributed by atoms with Crippen LogP contribution in [0, 0.1) is 0 Å². The van der Waals surface area contributed by atoms with Gasteiger partial charge in [0.25, 0.3) is 0 Å². The van der Waals surface area contributed by atoms with E-state index in [1.54, 1.807) is 0 Å². The highest BCUT2D eigenvalue weighted by Crippen LogP contribution is 2.44. The molecule has 0 radical (unpaired) electrons. The van der Waals surface area contributed by atoms with Gasteiger partial charge in [-0.1, -0.05) is 70.0 Å². The molecule has 4 rings (SSSR count). The average molecular weight is 486 g/mol. The van der Waals surface area contributed by atoms with E-state index in [2.05, 4.69) is 50.4 Å². The van der Waals surface area contributed by atoms with E-state index in [-0.39, 0.29) is 24.7 Å². The fraction of sp³-hybridized carbons (Fsp3) is 0.208. The third-order valence-electron chi connectivity index (χ3n) is 5.18. The summed E-state index contributed by atoms with van der Waals surface area (Å²) >= 11 is 9.72.